The fourth-order valence-electron chi connectivity index (χ4n) is 0.189. The van der Waals surface area contributed by atoms with Gasteiger partial charge in [-0.25, -0.2) is 0 Å². The van der Waals surface area contributed by atoms with Crippen molar-refractivity contribution in [3.63, 3.8) is 0 Å². The number of halogens is 2. The topological polar surface area (TPSA) is 0 Å². The molecule has 0 aliphatic rings. The van der Waals surface area contributed by atoms with E-state index in [-0.39, 0.29) is 23.9 Å². The van der Waals surface area contributed by atoms with Crippen molar-refractivity contribution >= 4 is 47.1 Å². The molecule has 3 heteroatoms. The summed E-state index contributed by atoms with van der Waals surface area (Å²) < 4.78 is 0. The van der Waals surface area contributed by atoms with Crippen molar-refractivity contribution in [1.82, 2.24) is 0 Å². The quantitative estimate of drug-likeness (QED) is 0.405. The van der Waals surface area contributed by atoms with E-state index in [0.717, 1.165) is 24.6 Å². The Morgan fingerprint density at radius 2 is 1.14 bits per heavy atom. The Morgan fingerprint density at radius 1 is 0.857 bits per heavy atom. The Hall–Kier alpha value is 1.38. The third kappa shape index (κ3) is 11.1. The van der Waals surface area contributed by atoms with Crippen LogP contribution in [0.2, 0.25) is 0 Å². The molecule has 0 amide bonds. The summed E-state index contributed by atoms with van der Waals surface area (Å²) in [6.07, 6.45) is 2.09. The number of alkyl halides is 2. The summed E-state index contributed by atoms with van der Waals surface area (Å²) in [5.41, 5.74) is 0. The molecule has 0 fully saturated rings. The molecule has 0 saturated heterocycles. The molecular formula is C4H8Cl2Sn. The van der Waals surface area contributed by atoms with Crippen LogP contribution in [0.3, 0.4) is 0 Å². The summed E-state index contributed by atoms with van der Waals surface area (Å²) in [6, 6.07) is 0. The zero-order valence-electron chi connectivity index (χ0n) is 4.08. The van der Waals surface area contributed by atoms with Crippen LogP contribution in [-0.2, 0) is 0 Å². The summed E-state index contributed by atoms with van der Waals surface area (Å²) >= 11 is 10.6. The predicted molar refractivity (Wildman–Crippen MR) is 36.4 cm³/mol. The first-order valence-corrected chi connectivity index (χ1v) is 3.10. The summed E-state index contributed by atoms with van der Waals surface area (Å²) in [6.45, 7) is 0. The van der Waals surface area contributed by atoms with Crippen LogP contribution in [0.15, 0.2) is 0 Å². The Bertz CT molecular complexity index is 21.7. The minimum absolute atomic E-state index is 0. The largest absolute Gasteiger partial charge is 0.127 e. The number of hydrogen-bond acceptors (Lipinski definition) is 0. The average Bonchev–Trinajstić information content (AvgIpc) is 1.61. The first kappa shape index (κ1) is 11.2. The van der Waals surface area contributed by atoms with E-state index < -0.39 is 0 Å². The van der Waals surface area contributed by atoms with Gasteiger partial charge < -0.3 is 0 Å². The third-order valence-electron chi connectivity index (χ3n) is 0.517. The van der Waals surface area contributed by atoms with Crippen molar-refractivity contribution in [3.8, 4) is 0 Å². The van der Waals surface area contributed by atoms with Gasteiger partial charge in [-0.1, -0.05) is 0 Å². The van der Waals surface area contributed by atoms with E-state index in [4.69, 9.17) is 23.2 Å². The van der Waals surface area contributed by atoms with Gasteiger partial charge in [0.1, 0.15) is 0 Å². The van der Waals surface area contributed by atoms with Crippen LogP contribution in [0.1, 0.15) is 12.8 Å². The molecule has 42 valence electrons. The van der Waals surface area contributed by atoms with Crippen LogP contribution in [0, 0.1) is 0 Å². The van der Waals surface area contributed by atoms with Crippen LogP contribution in [0.4, 0.5) is 0 Å². The minimum Gasteiger partial charge on any atom is -0.127 e. The maximum Gasteiger partial charge on any atom is 0.0223 e. The zero-order valence-corrected chi connectivity index (χ0v) is 8.45. The van der Waals surface area contributed by atoms with Gasteiger partial charge in [0.25, 0.3) is 0 Å². The molecule has 0 aromatic heterocycles. The zero-order chi connectivity index (χ0) is 4.83. The third-order valence-corrected chi connectivity index (χ3v) is 1.05. The fourth-order valence-corrected chi connectivity index (χ4v) is 0.567. The van der Waals surface area contributed by atoms with Gasteiger partial charge in [0.15, 0.2) is 0 Å². The van der Waals surface area contributed by atoms with E-state index in [2.05, 4.69) is 0 Å². The molecule has 0 spiro atoms. The second-order valence-corrected chi connectivity index (χ2v) is 1.84. The standard InChI is InChI=1S/C4H8Cl2.Sn/c5-3-1-2-4-6;/h1-4H2;. The molecule has 0 saturated carbocycles. The maximum absolute atomic E-state index is 5.32. The molecule has 0 nitrogen and oxygen atoms in total. The van der Waals surface area contributed by atoms with Crippen LogP contribution in [0.5, 0.6) is 0 Å². The Kier molecular flexibility index (Phi) is 16.6. The number of unbranched alkanes of at least 4 members (excludes halogenated alkanes) is 1. The molecule has 0 atom stereocenters. The molecule has 0 rings (SSSR count). The fraction of sp³-hybridized carbons (Fsp3) is 1.00. The van der Waals surface area contributed by atoms with Crippen molar-refractivity contribution in [2.75, 3.05) is 11.8 Å². The van der Waals surface area contributed by atoms with Gasteiger partial charge in [0, 0.05) is 35.7 Å². The van der Waals surface area contributed by atoms with Crippen molar-refractivity contribution in [3.05, 3.63) is 0 Å². The molecule has 0 heterocycles. The first-order valence-electron chi connectivity index (χ1n) is 2.03. The predicted octanol–water partition coefficient (Wildman–Crippen LogP) is 1.86. The average molecular weight is 246 g/mol. The minimum atomic E-state index is 0. The van der Waals surface area contributed by atoms with Crippen molar-refractivity contribution in [2.24, 2.45) is 0 Å². The van der Waals surface area contributed by atoms with Gasteiger partial charge in [-0.3, -0.25) is 0 Å². The molecule has 7 heavy (non-hydrogen) atoms. The molecule has 0 aliphatic carbocycles. The molecular weight excluding hydrogens is 238 g/mol. The monoisotopic (exact) mass is 246 g/mol. The molecule has 4 radical (unpaired) electrons. The number of rotatable bonds is 3. The second-order valence-electron chi connectivity index (χ2n) is 1.09. The van der Waals surface area contributed by atoms with Crippen molar-refractivity contribution in [2.45, 2.75) is 12.8 Å². The van der Waals surface area contributed by atoms with Crippen molar-refractivity contribution < 1.29 is 0 Å². The number of hydrogen-bond donors (Lipinski definition) is 0. The van der Waals surface area contributed by atoms with Crippen molar-refractivity contribution in [1.29, 1.82) is 0 Å². The van der Waals surface area contributed by atoms with Crippen LogP contribution in [-0.4, -0.2) is 35.7 Å². The summed E-state index contributed by atoms with van der Waals surface area (Å²) in [4.78, 5) is 0. The van der Waals surface area contributed by atoms with Gasteiger partial charge >= 0.3 is 0 Å². The molecule has 0 aromatic rings. The molecule has 0 bridgehead atoms. The Labute approximate surface area is 71.5 Å². The van der Waals surface area contributed by atoms with Gasteiger partial charge in [0.2, 0.25) is 0 Å². The van der Waals surface area contributed by atoms with Gasteiger partial charge in [-0.2, -0.15) is 0 Å². The first-order chi connectivity index (χ1) is 2.91. The van der Waals surface area contributed by atoms with Crippen LogP contribution >= 0.6 is 23.2 Å². The van der Waals surface area contributed by atoms with E-state index in [0.29, 0.717) is 0 Å². The summed E-state index contributed by atoms with van der Waals surface area (Å²) in [7, 11) is 0. The van der Waals surface area contributed by atoms with Crippen LogP contribution < -0.4 is 0 Å². The second kappa shape index (κ2) is 10.4. The van der Waals surface area contributed by atoms with E-state index in [9.17, 15) is 0 Å². The van der Waals surface area contributed by atoms with Gasteiger partial charge in [0.05, 0.1) is 0 Å². The smallest absolute Gasteiger partial charge is 0.0223 e. The van der Waals surface area contributed by atoms with Gasteiger partial charge in [-0.05, 0) is 12.8 Å². The molecule has 0 N–H and O–H groups in total. The SMILES string of the molecule is ClCCCCCl.[Sn]. The van der Waals surface area contributed by atoms with E-state index in [1.54, 1.807) is 0 Å². The van der Waals surface area contributed by atoms with E-state index in [1.807, 2.05) is 0 Å². The molecule has 0 aliphatic heterocycles. The maximum atomic E-state index is 5.32. The van der Waals surface area contributed by atoms with E-state index in [1.165, 1.54) is 0 Å². The Balaban J connectivity index is 0. The summed E-state index contributed by atoms with van der Waals surface area (Å²) in [5, 5.41) is 0. The van der Waals surface area contributed by atoms with Crippen LogP contribution in [0.25, 0.3) is 0 Å². The molecule has 0 unspecified atom stereocenters. The Morgan fingerprint density at radius 3 is 1.29 bits per heavy atom. The van der Waals surface area contributed by atoms with Gasteiger partial charge in [-0.15, -0.1) is 23.2 Å². The summed E-state index contributed by atoms with van der Waals surface area (Å²) in [5.74, 6) is 1.49. The normalized spacial score (nSPS) is 7.71. The molecule has 0 aromatic carbocycles. The van der Waals surface area contributed by atoms with E-state index >= 15 is 0 Å².